The van der Waals surface area contributed by atoms with Gasteiger partial charge in [-0.2, -0.15) is 0 Å². The zero-order chi connectivity index (χ0) is 24.3. The van der Waals surface area contributed by atoms with Crippen LogP contribution in [0.4, 0.5) is 0 Å². The normalized spacial score (nSPS) is 18.4. The second kappa shape index (κ2) is 10.4. The van der Waals surface area contributed by atoms with E-state index in [1.807, 2.05) is 27.7 Å². The van der Waals surface area contributed by atoms with Gasteiger partial charge in [0.05, 0.1) is 17.1 Å². The van der Waals surface area contributed by atoms with Crippen LogP contribution in [-0.4, -0.2) is 44.2 Å². The summed E-state index contributed by atoms with van der Waals surface area (Å²) in [7, 11) is 0. The third-order valence-electron chi connectivity index (χ3n) is 5.65. The lowest BCUT2D eigenvalue weighted by atomic mass is 9.65. The van der Waals surface area contributed by atoms with Crippen molar-refractivity contribution in [1.82, 2.24) is 0 Å². The molecule has 1 aliphatic carbocycles. The van der Waals surface area contributed by atoms with Crippen LogP contribution in [0.15, 0.2) is 46.0 Å². The largest absolute Gasteiger partial charge is 0.511 e. The highest BCUT2D eigenvalue weighted by molar-refractivity contribution is 6.24. The predicted molar refractivity (Wildman–Crippen MR) is 122 cm³/mol. The van der Waals surface area contributed by atoms with Crippen molar-refractivity contribution in [2.24, 2.45) is 17.3 Å². The lowest BCUT2D eigenvalue weighted by molar-refractivity contribution is -0.129. The van der Waals surface area contributed by atoms with Gasteiger partial charge in [-0.15, -0.1) is 0 Å². The summed E-state index contributed by atoms with van der Waals surface area (Å²) in [5.74, 6) is -3.48. The molecule has 0 aromatic carbocycles. The maximum atomic E-state index is 13.7. The van der Waals surface area contributed by atoms with Crippen LogP contribution in [0.25, 0.3) is 0 Å². The van der Waals surface area contributed by atoms with Crippen LogP contribution < -0.4 is 0 Å². The van der Waals surface area contributed by atoms with Gasteiger partial charge in [0.15, 0.2) is 11.6 Å². The van der Waals surface area contributed by atoms with Crippen LogP contribution in [0, 0.1) is 17.3 Å². The Morgan fingerprint density at radius 1 is 0.935 bits per heavy atom. The smallest absolute Gasteiger partial charge is 0.184 e. The van der Waals surface area contributed by atoms with Gasteiger partial charge in [-0.25, -0.2) is 0 Å². The zero-order valence-electron chi connectivity index (χ0n) is 20.0. The van der Waals surface area contributed by atoms with Crippen LogP contribution in [0.2, 0.25) is 0 Å². The molecule has 2 unspecified atom stereocenters. The molecule has 4 N–H and O–H groups in total. The molecule has 1 rings (SSSR count). The van der Waals surface area contributed by atoms with E-state index in [-0.39, 0.29) is 18.4 Å². The van der Waals surface area contributed by atoms with Crippen LogP contribution in [0.1, 0.15) is 68.2 Å². The number of aliphatic hydroxyl groups is 4. The van der Waals surface area contributed by atoms with Gasteiger partial charge in [0.2, 0.25) is 0 Å². The van der Waals surface area contributed by atoms with E-state index in [0.29, 0.717) is 0 Å². The molecule has 31 heavy (non-hydrogen) atoms. The SMILES string of the molecule is CC(C)=CCC1(CC=C(C)C)C(=O)C(C(=O)C(C)C)=C(O)C(C(O)C(O)C(C)C)=C1O. The molecule has 0 amide bonds. The highest BCUT2D eigenvalue weighted by Crippen LogP contribution is 2.47. The van der Waals surface area contributed by atoms with Gasteiger partial charge in [0.25, 0.3) is 0 Å². The number of hydrogen-bond donors (Lipinski definition) is 4. The van der Waals surface area contributed by atoms with Gasteiger partial charge >= 0.3 is 0 Å². The molecular formula is C25H38O6. The first-order valence-electron chi connectivity index (χ1n) is 10.8. The third-order valence-corrected chi connectivity index (χ3v) is 5.65. The summed E-state index contributed by atoms with van der Waals surface area (Å²) in [6, 6.07) is 0. The van der Waals surface area contributed by atoms with E-state index in [1.165, 1.54) is 0 Å². The minimum atomic E-state index is -1.67. The van der Waals surface area contributed by atoms with Crippen molar-refractivity contribution in [3.63, 3.8) is 0 Å². The van der Waals surface area contributed by atoms with Gasteiger partial charge in [0.1, 0.15) is 23.2 Å². The van der Waals surface area contributed by atoms with Crippen LogP contribution >= 0.6 is 0 Å². The molecule has 0 saturated carbocycles. The molecular weight excluding hydrogens is 396 g/mol. The number of hydrogen-bond acceptors (Lipinski definition) is 6. The minimum absolute atomic E-state index is 0.0833. The lowest BCUT2D eigenvalue weighted by Crippen LogP contribution is -2.45. The second-order valence-corrected chi connectivity index (χ2v) is 9.57. The fourth-order valence-electron chi connectivity index (χ4n) is 3.51. The molecule has 0 bridgehead atoms. The second-order valence-electron chi connectivity index (χ2n) is 9.57. The first-order valence-corrected chi connectivity index (χ1v) is 10.8. The van der Waals surface area contributed by atoms with E-state index in [9.17, 15) is 30.0 Å². The number of ketones is 2. The number of aliphatic hydroxyl groups excluding tert-OH is 4. The van der Waals surface area contributed by atoms with E-state index in [2.05, 4.69) is 0 Å². The third kappa shape index (κ3) is 5.55. The van der Waals surface area contributed by atoms with Gasteiger partial charge in [-0.1, -0.05) is 51.0 Å². The average molecular weight is 435 g/mol. The van der Waals surface area contributed by atoms with E-state index in [4.69, 9.17) is 0 Å². The van der Waals surface area contributed by atoms with Crippen LogP contribution in [0.5, 0.6) is 0 Å². The first-order chi connectivity index (χ1) is 14.2. The van der Waals surface area contributed by atoms with Gasteiger partial charge in [-0.05, 0) is 46.5 Å². The fraction of sp³-hybridized carbons (Fsp3) is 0.600. The Labute approximate surface area is 185 Å². The molecule has 0 radical (unpaired) electrons. The maximum absolute atomic E-state index is 13.7. The number of carbonyl (C=O) groups excluding carboxylic acids is 2. The molecule has 0 heterocycles. The van der Waals surface area contributed by atoms with Crippen molar-refractivity contribution in [2.75, 3.05) is 0 Å². The van der Waals surface area contributed by atoms with E-state index < -0.39 is 58.1 Å². The Kier molecular flexibility index (Phi) is 9.03. The van der Waals surface area contributed by atoms with Crippen molar-refractivity contribution in [1.29, 1.82) is 0 Å². The van der Waals surface area contributed by atoms with Gasteiger partial charge in [-0.3, -0.25) is 9.59 Å². The summed E-state index contributed by atoms with van der Waals surface area (Å²) in [4.78, 5) is 26.6. The molecule has 1 aliphatic rings. The highest BCUT2D eigenvalue weighted by Gasteiger charge is 2.52. The maximum Gasteiger partial charge on any atom is 0.184 e. The molecule has 0 saturated heterocycles. The number of carbonyl (C=O) groups is 2. The molecule has 6 heteroatoms. The molecule has 0 fully saturated rings. The molecule has 0 spiro atoms. The van der Waals surface area contributed by atoms with E-state index >= 15 is 0 Å². The Morgan fingerprint density at radius 3 is 1.74 bits per heavy atom. The molecule has 174 valence electrons. The molecule has 0 aliphatic heterocycles. The average Bonchev–Trinajstić information content (AvgIpc) is 2.66. The quantitative estimate of drug-likeness (QED) is 0.314. The topological polar surface area (TPSA) is 115 Å². The van der Waals surface area contributed by atoms with Crippen molar-refractivity contribution in [3.8, 4) is 0 Å². The van der Waals surface area contributed by atoms with E-state index in [0.717, 1.165) is 11.1 Å². The Balaban J connectivity index is 3.98. The summed E-state index contributed by atoms with van der Waals surface area (Å²) >= 11 is 0. The summed E-state index contributed by atoms with van der Waals surface area (Å²) in [6.45, 7) is 14.0. The first kappa shape index (κ1) is 26.9. The summed E-state index contributed by atoms with van der Waals surface area (Å²) < 4.78 is 0. The van der Waals surface area contributed by atoms with Crippen LogP contribution in [0.3, 0.4) is 0 Å². The molecule has 0 aromatic rings. The van der Waals surface area contributed by atoms with Crippen LogP contribution in [-0.2, 0) is 9.59 Å². The number of rotatable bonds is 9. The van der Waals surface area contributed by atoms with Crippen molar-refractivity contribution in [2.45, 2.75) is 80.4 Å². The van der Waals surface area contributed by atoms with Gasteiger partial charge in [0, 0.05) is 5.92 Å². The molecule has 2 atom stereocenters. The Morgan fingerprint density at radius 2 is 1.39 bits per heavy atom. The van der Waals surface area contributed by atoms with E-state index in [1.54, 1.807) is 39.8 Å². The fourth-order valence-corrected chi connectivity index (χ4v) is 3.51. The highest BCUT2D eigenvalue weighted by atomic mass is 16.3. The van der Waals surface area contributed by atoms with Crippen molar-refractivity contribution in [3.05, 3.63) is 46.0 Å². The van der Waals surface area contributed by atoms with Gasteiger partial charge < -0.3 is 20.4 Å². The summed E-state index contributed by atoms with van der Waals surface area (Å²) in [5, 5.41) is 43.5. The number of allylic oxidation sites excluding steroid dienone is 6. The zero-order valence-corrected chi connectivity index (χ0v) is 20.0. The molecule has 0 aromatic heterocycles. The Bertz CT molecular complexity index is 810. The minimum Gasteiger partial charge on any atom is -0.511 e. The lowest BCUT2D eigenvalue weighted by Gasteiger charge is -2.38. The summed E-state index contributed by atoms with van der Waals surface area (Å²) in [6.07, 6.45) is 0.763. The van der Waals surface area contributed by atoms with Crippen molar-refractivity contribution >= 4 is 11.6 Å². The number of Topliss-reactive ketones (excluding diaryl/α,β-unsaturated/α-hetero) is 2. The standard InChI is InChI=1S/C25H38O6/c1-13(2)9-11-25(12-10-14(3)4)23(30)17(19(26)15(5)6)21(28)18(24(25)31)22(29)20(27)16(7)8/h9-10,15-16,20,22,27-29,31H,11-12H2,1-8H3. The summed E-state index contributed by atoms with van der Waals surface area (Å²) in [5.41, 5.74) is -0.515. The monoisotopic (exact) mass is 434 g/mol. The molecule has 6 nitrogen and oxygen atoms in total. The van der Waals surface area contributed by atoms with Crippen molar-refractivity contribution < 1.29 is 30.0 Å². The Hall–Kier alpha value is -2.18. The predicted octanol–water partition coefficient (Wildman–Crippen LogP) is 4.50.